The first-order valence-corrected chi connectivity index (χ1v) is 9.43. The molecule has 0 saturated heterocycles. The third-order valence-electron chi connectivity index (χ3n) is 4.63. The number of hydrogen-bond acceptors (Lipinski definition) is 6. The highest BCUT2D eigenvalue weighted by molar-refractivity contribution is 6.02. The Morgan fingerprint density at radius 3 is 2.38 bits per heavy atom. The van der Waals surface area contributed by atoms with Crippen LogP contribution in [0.2, 0.25) is 0 Å². The number of para-hydroxylation sites is 1. The molecule has 0 fully saturated rings. The maximum atomic E-state index is 9.72. The van der Waals surface area contributed by atoms with Crippen molar-refractivity contribution in [2.45, 2.75) is 26.8 Å². The molecular formula is C22H32N4O3. The van der Waals surface area contributed by atoms with Gasteiger partial charge in [-0.3, -0.25) is 4.99 Å². The maximum absolute atomic E-state index is 9.72. The third-order valence-corrected chi connectivity index (χ3v) is 4.63. The number of ether oxygens (including phenoxy) is 2. The van der Waals surface area contributed by atoms with E-state index in [1.807, 2.05) is 37.2 Å². The lowest BCUT2D eigenvalue weighted by atomic mass is 9.83. The van der Waals surface area contributed by atoms with E-state index in [4.69, 9.17) is 20.9 Å². The fraction of sp³-hybridized carbons (Fsp3) is 0.409. The van der Waals surface area contributed by atoms with Gasteiger partial charge in [0.2, 0.25) is 6.79 Å². The van der Waals surface area contributed by atoms with E-state index in [-0.39, 0.29) is 17.2 Å². The molecular weight excluding hydrogens is 368 g/mol. The first kappa shape index (κ1) is 22.4. The molecule has 29 heavy (non-hydrogen) atoms. The molecule has 0 spiro atoms. The number of fused-ring (bicyclic) bond motifs is 1. The van der Waals surface area contributed by atoms with E-state index in [1.54, 1.807) is 25.2 Å². The molecule has 1 aliphatic rings. The molecule has 0 amide bonds. The fourth-order valence-electron chi connectivity index (χ4n) is 2.91. The van der Waals surface area contributed by atoms with Crippen molar-refractivity contribution in [3.63, 3.8) is 0 Å². The van der Waals surface area contributed by atoms with E-state index in [2.05, 4.69) is 25.8 Å². The summed E-state index contributed by atoms with van der Waals surface area (Å²) in [5.41, 5.74) is 13.9. The number of nitrogens with two attached hydrogens (primary N) is 2. The van der Waals surface area contributed by atoms with Crippen LogP contribution in [0.15, 0.2) is 41.4 Å². The van der Waals surface area contributed by atoms with E-state index < -0.39 is 0 Å². The van der Waals surface area contributed by atoms with Crippen LogP contribution in [-0.4, -0.2) is 43.8 Å². The van der Waals surface area contributed by atoms with Crippen molar-refractivity contribution in [2.24, 2.45) is 16.1 Å². The number of hydrogen-bond donors (Lipinski definition) is 3. The van der Waals surface area contributed by atoms with Crippen LogP contribution in [0.25, 0.3) is 0 Å². The molecule has 0 bridgehead atoms. The lowest BCUT2D eigenvalue weighted by molar-refractivity contribution is 0.174. The van der Waals surface area contributed by atoms with Crippen molar-refractivity contribution in [1.82, 2.24) is 4.90 Å². The lowest BCUT2D eigenvalue weighted by Crippen LogP contribution is -2.26. The van der Waals surface area contributed by atoms with Gasteiger partial charge in [0.05, 0.1) is 11.3 Å². The minimum absolute atomic E-state index is 0.00648. The van der Waals surface area contributed by atoms with Crippen LogP contribution >= 0.6 is 0 Å². The molecule has 2 aromatic rings. The molecule has 7 heteroatoms. The monoisotopic (exact) mass is 400 g/mol. The molecule has 158 valence electrons. The Morgan fingerprint density at radius 1 is 1.14 bits per heavy atom. The summed E-state index contributed by atoms with van der Waals surface area (Å²) in [5, 5.41) is 9.72. The quantitative estimate of drug-likeness (QED) is 0.309. The molecule has 0 unspecified atom stereocenters. The predicted octanol–water partition coefficient (Wildman–Crippen LogP) is 3.37. The molecule has 0 saturated carbocycles. The highest BCUT2D eigenvalue weighted by Gasteiger charge is 2.24. The molecule has 1 heterocycles. The van der Waals surface area contributed by atoms with Gasteiger partial charge < -0.3 is 30.9 Å². The summed E-state index contributed by atoms with van der Waals surface area (Å²) in [6.45, 7) is 6.69. The van der Waals surface area contributed by atoms with Gasteiger partial charge in [0.25, 0.3) is 0 Å². The topological polar surface area (TPSA) is 106 Å². The van der Waals surface area contributed by atoms with Crippen LogP contribution in [0.4, 0.5) is 5.69 Å². The van der Waals surface area contributed by atoms with Crippen LogP contribution in [0.5, 0.6) is 17.2 Å². The van der Waals surface area contributed by atoms with Gasteiger partial charge in [-0.25, -0.2) is 0 Å². The Labute approximate surface area is 172 Å². The van der Waals surface area contributed by atoms with E-state index in [0.29, 0.717) is 23.9 Å². The van der Waals surface area contributed by atoms with Gasteiger partial charge in [-0.05, 0) is 35.2 Å². The van der Waals surface area contributed by atoms with E-state index in [1.165, 1.54) is 0 Å². The Bertz CT molecular complexity index is 873. The third kappa shape index (κ3) is 5.32. The van der Waals surface area contributed by atoms with Crippen LogP contribution < -0.4 is 20.9 Å². The SMILES string of the molecule is CC(C)(C)[C@@H](N)c1ccc2c(c1)OCO2.CN=C(c1cccc(N)c1O)N(C)C. The number of aliphatic imine (C=N–C) groups is 1. The molecule has 1 aliphatic heterocycles. The highest BCUT2D eigenvalue weighted by atomic mass is 16.7. The Kier molecular flexibility index (Phi) is 6.97. The van der Waals surface area contributed by atoms with Gasteiger partial charge in [-0.1, -0.05) is 32.9 Å². The summed E-state index contributed by atoms with van der Waals surface area (Å²) in [6.07, 6.45) is 0. The van der Waals surface area contributed by atoms with Crippen LogP contribution in [-0.2, 0) is 0 Å². The molecule has 5 N–H and O–H groups in total. The highest BCUT2D eigenvalue weighted by Crippen LogP contribution is 2.37. The zero-order chi connectivity index (χ0) is 21.8. The first-order chi connectivity index (χ1) is 13.6. The minimum atomic E-state index is 0.00648. The van der Waals surface area contributed by atoms with Crippen molar-refractivity contribution in [3.05, 3.63) is 47.5 Å². The predicted molar refractivity (Wildman–Crippen MR) is 118 cm³/mol. The smallest absolute Gasteiger partial charge is 0.231 e. The van der Waals surface area contributed by atoms with Gasteiger partial charge in [0.15, 0.2) is 11.5 Å². The molecule has 1 atom stereocenters. The molecule has 3 rings (SSSR count). The zero-order valence-electron chi connectivity index (χ0n) is 18.1. The average Bonchev–Trinajstić information content (AvgIpc) is 3.12. The van der Waals surface area contributed by atoms with Crippen molar-refractivity contribution in [3.8, 4) is 17.2 Å². The number of rotatable bonds is 2. The van der Waals surface area contributed by atoms with E-state index >= 15 is 0 Å². The molecule has 2 aromatic carbocycles. The van der Waals surface area contributed by atoms with Crippen LogP contribution in [0.1, 0.15) is 37.9 Å². The minimum Gasteiger partial charge on any atom is -0.505 e. The zero-order valence-corrected chi connectivity index (χ0v) is 18.1. The van der Waals surface area contributed by atoms with Crippen molar-refractivity contribution in [2.75, 3.05) is 33.7 Å². The second kappa shape index (κ2) is 9.05. The second-order valence-corrected chi connectivity index (χ2v) is 8.14. The normalized spacial score (nSPS) is 14.1. The Hall–Kier alpha value is -2.93. The standard InChI is InChI=1S/C12H17NO2.C10H15N3O/c1-12(2,3)11(13)8-4-5-9-10(6-8)15-7-14-9;1-12-10(13(2)3)7-5-4-6-8(11)9(7)14/h4-6,11H,7,13H2,1-3H3;4-6,14H,11H2,1-3H3/t11-;/m0./s1. The first-order valence-electron chi connectivity index (χ1n) is 9.43. The number of phenols is 1. The number of nitrogens with zero attached hydrogens (tertiary/aromatic N) is 2. The summed E-state index contributed by atoms with van der Waals surface area (Å²) in [6, 6.07) is 11.1. The number of benzene rings is 2. The van der Waals surface area contributed by atoms with Gasteiger partial charge in [-0.2, -0.15) is 0 Å². The molecule has 0 aliphatic carbocycles. The fourth-order valence-corrected chi connectivity index (χ4v) is 2.91. The van der Waals surface area contributed by atoms with Crippen LogP contribution in [0, 0.1) is 5.41 Å². The largest absolute Gasteiger partial charge is 0.505 e. The van der Waals surface area contributed by atoms with Gasteiger partial charge in [0.1, 0.15) is 11.6 Å². The Balaban J connectivity index is 0.000000208. The van der Waals surface area contributed by atoms with E-state index in [9.17, 15) is 5.11 Å². The van der Waals surface area contributed by atoms with Gasteiger partial charge in [-0.15, -0.1) is 0 Å². The summed E-state index contributed by atoms with van der Waals surface area (Å²) >= 11 is 0. The summed E-state index contributed by atoms with van der Waals surface area (Å²) in [4.78, 5) is 5.91. The lowest BCUT2D eigenvalue weighted by Gasteiger charge is -2.27. The summed E-state index contributed by atoms with van der Waals surface area (Å²) < 4.78 is 10.6. The number of nitrogen functional groups attached to an aromatic ring is 1. The summed E-state index contributed by atoms with van der Waals surface area (Å²) in [7, 11) is 5.41. The molecule has 0 radical (unpaired) electrons. The number of phenolic OH excluding ortho intramolecular Hbond substituents is 1. The number of aromatic hydroxyl groups is 1. The van der Waals surface area contributed by atoms with Crippen molar-refractivity contribution < 1.29 is 14.6 Å². The van der Waals surface area contributed by atoms with Gasteiger partial charge in [0, 0.05) is 27.2 Å². The van der Waals surface area contributed by atoms with Crippen molar-refractivity contribution >= 4 is 11.5 Å². The second-order valence-electron chi connectivity index (χ2n) is 8.14. The average molecular weight is 401 g/mol. The van der Waals surface area contributed by atoms with E-state index in [0.717, 1.165) is 17.1 Å². The van der Waals surface area contributed by atoms with Crippen molar-refractivity contribution in [1.29, 1.82) is 0 Å². The molecule has 0 aromatic heterocycles. The van der Waals surface area contributed by atoms with Crippen LogP contribution in [0.3, 0.4) is 0 Å². The number of amidine groups is 1. The molecule has 7 nitrogen and oxygen atoms in total. The Morgan fingerprint density at radius 2 is 1.79 bits per heavy atom. The number of anilines is 1. The van der Waals surface area contributed by atoms with Gasteiger partial charge >= 0.3 is 0 Å². The maximum Gasteiger partial charge on any atom is 0.231 e. The summed E-state index contributed by atoms with van der Waals surface area (Å²) in [5.74, 6) is 2.39.